The van der Waals surface area contributed by atoms with Crippen molar-refractivity contribution >= 4 is 5.97 Å². The number of halogens is 2. The van der Waals surface area contributed by atoms with Crippen molar-refractivity contribution in [3.05, 3.63) is 65.8 Å². The largest absolute Gasteiger partial charge is 0.421 e. The van der Waals surface area contributed by atoms with Gasteiger partial charge in [-0.1, -0.05) is 18.7 Å². The Morgan fingerprint density at radius 3 is 2.62 bits per heavy atom. The lowest BCUT2D eigenvalue weighted by Gasteiger charge is -2.16. The zero-order chi connectivity index (χ0) is 15.2. The van der Waals surface area contributed by atoms with Crippen LogP contribution in [0.3, 0.4) is 0 Å². The van der Waals surface area contributed by atoms with Crippen LogP contribution in [0.25, 0.3) is 0 Å². The molecule has 0 amide bonds. The normalized spacial score (nSPS) is 14.9. The monoisotopic (exact) mass is 290 g/mol. The molecular weight excluding hydrogens is 274 g/mol. The average Bonchev–Trinajstić information content (AvgIpc) is 2.46. The minimum absolute atomic E-state index is 0.322. The molecule has 1 aromatic rings. The van der Waals surface area contributed by atoms with E-state index in [-0.39, 0.29) is 0 Å². The third-order valence-electron chi connectivity index (χ3n) is 3.25. The first-order valence-corrected chi connectivity index (χ1v) is 6.78. The van der Waals surface area contributed by atoms with Crippen LogP contribution in [-0.2, 0) is 17.6 Å². The van der Waals surface area contributed by atoms with Gasteiger partial charge in [0.1, 0.15) is 11.6 Å². The molecule has 0 aliphatic heterocycles. The number of aryl methyl sites for hydroxylation is 2. The molecule has 0 saturated heterocycles. The number of esters is 1. The first kappa shape index (κ1) is 15.2. The van der Waals surface area contributed by atoms with Crippen LogP contribution >= 0.6 is 0 Å². The Labute approximate surface area is 122 Å². The number of fused-ring (bicyclic) bond motifs is 1. The zero-order valence-electron chi connectivity index (χ0n) is 11.6. The summed E-state index contributed by atoms with van der Waals surface area (Å²) in [6.07, 6.45) is 7.09. The molecule has 0 radical (unpaired) electrons. The third-order valence-corrected chi connectivity index (χ3v) is 3.25. The highest BCUT2D eigenvalue weighted by Gasteiger charge is 2.14. The van der Waals surface area contributed by atoms with Gasteiger partial charge in [-0.25, -0.2) is 9.18 Å². The summed E-state index contributed by atoms with van der Waals surface area (Å²) in [7, 11) is 0. The van der Waals surface area contributed by atoms with Crippen LogP contribution in [0.4, 0.5) is 8.78 Å². The molecule has 0 unspecified atom stereocenters. The van der Waals surface area contributed by atoms with Gasteiger partial charge in [-0.05, 0) is 61.1 Å². The van der Waals surface area contributed by atoms with Crippen molar-refractivity contribution in [1.82, 2.24) is 0 Å². The van der Waals surface area contributed by atoms with E-state index in [0.717, 1.165) is 49.5 Å². The zero-order valence-corrected chi connectivity index (χ0v) is 11.6. The van der Waals surface area contributed by atoms with E-state index in [4.69, 9.17) is 4.74 Å². The van der Waals surface area contributed by atoms with E-state index >= 15 is 0 Å². The first-order chi connectivity index (χ1) is 10.1. The summed E-state index contributed by atoms with van der Waals surface area (Å²) >= 11 is 0. The third kappa shape index (κ3) is 4.38. The lowest BCUT2D eigenvalue weighted by atomic mass is 9.92. The summed E-state index contributed by atoms with van der Waals surface area (Å²) in [4.78, 5) is 11.5. The van der Waals surface area contributed by atoms with Gasteiger partial charge in [-0.15, -0.1) is 0 Å². The van der Waals surface area contributed by atoms with Gasteiger partial charge in [0.05, 0.1) is 0 Å². The van der Waals surface area contributed by atoms with E-state index in [0.29, 0.717) is 5.75 Å². The lowest BCUT2D eigenvalue weighted by Crippen LogP contribution is -2.09. The van der Waals surface area contributed by atoms with Crippen LogP contribution in [0.2, 0.25) is 0 Å². The maximum absolute atomic E-state index is 13.5. The molecule has 0 spiro atoms. The van der Waals surface area contributed by atoms with Crippen LogP contribution in [-0.4, -0.2) is 5.97 Å². The molecule has 0 fully saturated rings. The van der Waals surface area contributed by atoms with Gasteiger partial charge in [0.15, 0.2) is 0 Å². The van der Waals surface area contributed by atoms with Crippen molar-refractivity contribution in [2.24, 2.45) is 0 Å². The number of rotatable bonds is 4. The van der Waals surface area contributed by atoms with Crippen LogP contribution in [0, 0.1) is 0 Å². The Morgan fingerprint density at radius 1 is 1.19 bits per heavy atom. The van der Waals surface area contributed by atoms with Crippen LogP contribution < -0.4 is 4.74 Å². The van der Waals surface area contributed by atoms with Crippen molar-refractivity contribution in [3.8, 4) is 5.75 Å². The van der Waals surface area contributed by atoms with Gasteiger partial charge in [-0.3, -0.25) is 0 Å². The molecule has 4 heteroatoms. The Balaban J connectivity index is 2.04. The van der Waals surface area contributed by atoms with Crippen LogP contribution in [0.15, 0.2) is 54.7 Å². The van der Waals surface area contributed by atoms with Gasteiger partial charge in [-0.2, -0.15) is 4.39 Å². The van der Waals surface area contributed by atoms with E-state index in [1.807, 2.05) is 6.07 Å². The molecule has 2 nitrogen and oxygen atoms in total. The molecule has 1 aliphatic carbocycles. The standard InChI is InChI=1S/C17H16F2O2/c1-12(18)5-4-8-16(19)17(20)21-15-10-9-13-6-2-3-7-14(13)11-15/h4-5,8-11H,1-3,6-7H2. The molecule has 21 heavy (non-hydrogen) atoms. The number of hydrogen-bond acceptors (Lipinski definition) is 2. The summed E-state index contributed by atoms with van der Waals surface area (Å²) in [5, 5.41) is 0. The fourth-order valence-corrected chi connectivity index (χ4v) is 2.23. The minimum atomic E-state index is -1.10. The highest BCUT2D eigenvalue weighted by atomic mass is 19.1. The number of benzene rings is 1. The van der Waals surface area contributed by atoms with Gasteiger partial charge < -0.3 is 4.74 Å². The quantitative estimate of drug-likeness (QED) is 0.356. The van der Waals surface area contributed by atoms with Crippen molar-refractivity contribution in [2.75, 3.05) is 0 Å². The second kappa shape index (κ2) is 6.97. The topological polar surface area (TPSA) is 26.3 Å². The van der Waals surface area contributed by atoms with Gasteiger partial charge >= 0.3 is 5.97 Å². The Bertz CT molecular complexity index is 615. The van der Waals surface area contributed by atoms with E-state index in [1.54, 1.807) is 12.1 Å². The molecule has 1 aromatic carbocycles. The summed E-state index contributed by atoms with van der Waals surface area (Å²) in [6, 6.07) is 5.35. The predicted octanol–water partition coefficient (Wildman–Crippen LogP) is 4.36. The molecule has 0 atom stereocenters. The second-order valence-electron chi connectivity index (χ2n) is 4.85. The fraction of sp³-hybridized carbons (Fsp3) is 0.235. The summed E-state index contributed by atoms with van der Waals surface area (Å²) < 4.78 is 30.7. The predicted molar refractivity (Wildman–Crippen MR) is 77.3 cm³/mol. The molecule has 2 rings (SSSR count). The molecule has 0 N–H and O–H groups in total. The Kier molecular flexibility index (Phi) is 5.04. The van der Waals surface area contributed by atoms with E-state index in [1.165, 1.54) is 5.56 Å². The van der Waals surface area contributed by atoms with Crippen molar-refractivity contribution < 1.29 is 18.3 Å². The van der Waals surface area contributed by atoms with E-state index in [9.17, 15) is 13.6 Å². The van der Waals surface area contributed by atoms with Crippen LogP contribution in [0.1, 0.15) is 24.0 Å². The van der Waals surface area contributed by atoms with Gasteiger partial charge in [0.2, 0.25) is 5.83 Å². The molecule has 0 bridgehead atoms. The highest BCUT2D eigenvalue weighted by molar-refractivity contribution is 5.88. The number of carbonyl (C=O) groups excluding carboxylic acids is 1. The number of carbonyl (C=O) groups is 1. The second-order valence-corrected chi connectivity index (χ2v) is 4.85. The average molecular weight is 290 g/mol. The fourth-order valence-electron chi connectivity index (χ4n) is 2.23. The maximum Gasteiger partial charge on any atom is 0.372 e. The summed E-state index contributed by atoms with van der Waals surface area (Å²) in [5.41, 5.74) is 2.39. The molecule has 0 heterocycles. The molecular formula is C17H16F2O2. The maximum atomic E-state index is 13.5. The van der Waals surface area contributed by atoms with Gasteiger partial charge in [0.25, 0.3) is 0 Å². The first-order valence-electron chi connectivity index (χ1n) is 6.78. The highest BCUT2D eigenvalue weighted by Crippen LogP contribution is 2.25. The molecule has 0 saturated carbocycles. The van der Waals surface area contributed by atoms with E-state index in [2.05, 4.69) is 6.58 Å². The Morgan fingerprint density at radius 2 is 1.90 bits per heavy atom. The van der Waals surface area contributed by atoms with Gasteiger partial charge in [0, 0.05) is 0 Å². The molecule has 110 valence electrons. The summed E-state index contributed by atoms with van der Waals surface area (Å²) in [6.45, 7) is 2.98. The molecule has 1 aliphatic rings. The van der Waals surface area contributed by atoms with Crippen LogP contribution in [0.5, 0.6) is 5.75 Å². The minimum Gasteiger partial charge on any atom is -0.421 e. The Hall–Kier alpha value is -2.23. The number of ether oxygens (including phenoxy) is 1. The lowest BCUT2D eigenvalue weighted by molar-refractivity contribution is -0.131. The van der Waals surface area contributed by atoms with Crippen molar-refractivity contribution in [1.29, 1.82) is 0 Å². The van der Waals surface area contributed by atoms with Crippen molar-refractivity contribution in [3.63, 3.8) is 0 Å². The smallest absolute Gasteiger partial charge is 0.372 e. The molecule has 0 aromatic heterocycles. The SMILES string of the molecule is C=C(F)C=CC=C(F)C(=O)Oc1ccc2c(c1)CCCC2. The number of hydrogen-bond donors (Lipinski definition) is 0. The van der Waals surface area contributed by atoms with Crippen molar-refractivity contribution in [2.45, 2.75) is 25.7 Å². The number of allylic oxidation sites excluding steroid dienone is 4. The van der Waals surface area contributed by atoms with E-state index < -0.39 is 17.6 Å². The summed E-state index contributed by atoms with van der Waals surface area (Å²) in [5.74, 6) is -2.59.